The highest BCUT2D eigenvalue weighted by molar-refractivity contribution is 7.64. The second kappa shape index (κ2) is 7.56. The number of ether oxygens (including phenoxy) is 2. The molecule has 0 aromatic carbocycles. The Kier molecular flexibility index (Phi) is 6.17. The van der Waals surface area contributed by atoms with E-state index >= 15 is 0 Å². The summed E-state index contributed by atoms with van der Waals surface area (Å²) in [4.78, 5) is 0. The summed E-state index contributed by atoms with van der Waals surface area (Å²) in [6.07, 6.45) is 8.17. The van der Waals surface area contributed by atoms with Crippen LogP contribution in [0.2, 0.25) is 0 Å². The minimum atomic E-state index is -2.28. The van der Waals surface area contributed by atoms with Crippen LogP contribution in [0.1, 0.15) is 34.6 Å². The van der Waals surface area contributed by atoms with Crippen molar-refractivity contribution in [2.24, 2.45) is 11.8 Å². The van der Waals surface area contributed by atoms with Gasteiger partial charge in [0.2, 0.25) is 0 Å². The fraction of sp³-hybridized carbons (Fsp3) is 0.895. The molecule has 0 saturated carbocycles. The fourth-order valence-electron chi connectivity index (χ4n) is 4.26. The highest BCUT2D eigenvalue weighted by Crippen LogP contribution is 2.54. The summed E-state index contributed by atoms with van der Waals surface area (Å²) >= 11 is 0. The van der Waals surface area contributed by atoms with Crippen LogP contribution in [-0.4, -0.2) is 75.3 Å². The average Bonchev–Trinajstić information content (AvgIpc) is 2.93. The van der Waals surface area contributed by atoms with Crippen LogP contribution in [0.5, 0.6) is 0 Å². The Morgan fingerprint density at radius 1 is 0.889 bits per heavy atom. The summed E-state index contributed by atoms with van der Waals surface area (Å²) in [5.41, 5.74) is -0.470. The van der Waals surface area contributed by atoms with Crippen molar-refractivity contribution in [3.05, 3.63) is 0 Å². The topological polar surface area (TPSA) is 55.4 Å². The number of fused-ring (bicyclic) bond motifs is 4. The molecule has 3 heterocycles. The van der Waals surface area contributed by atoms with E-state index in [4.69, 9.17) is 27.6 Å². The van der Waals surface area contributed by atoms with Crippen molar-refractivity contribution in [1.29, 1.82) is 0 Å². The second-order valence-corrected chi connectivity index (χ2v) is 13.9. The zero-order chi connectivity index (χ0) is 20.2. The SMILES string of the molecule is C=P1(C)OCC2(C)OC(C)C(OP(=C)(C)OCC3OC(C)C(O1)C3C)C2C. The van der Waals surface area contributed by atoms with Crippen molar-refractivity contribution < 1.29 is 27.6 Å². The average molecular weight is 422 g/mol. The Morgan fingerprint density at radius 3 is 2.15 bits per heavy atom. The summed E-state index contributed by atoms with van der Waals surface area (Å²) in [6, 6.07) is 0. The highest BCUT2D eigenvalue weighted by atomic mass is 31.2. The van der Waals surface area contributed by atoms with Gasteiger partial charge in [-0.1, -0.05) is 26.4 Å². The third-order valence-electron chi connectivity index (χ3n) is 6.16. The molecule has 10 unspecified atom stereocenters. The molecule has 0 N–H and O–H groups in total. The summed E-state index contributed by atoms with van der Waals surface area (Å²) < 4.78 is 37.5. The Labute approximate surface area is 164 Å². The van der Waals surface area contributed by atoms with E-state index in [1.807, 2.05) is 27.2 Å². The first kappa shape index (κ1) is 22.1. The Bertz CT molecular complexity index is 654. The monoisotopic (exact) mass is 422 g/mol. The molecule has 3 aliphatic heterocycles. The molecule has 3 aliphatic rings. The predicted octanol–water partition coefficient (Wildman–Crippen LogP) is 3.86. The first-order valence-corrected chi connectivity index (χ1v) is 14.3. The van der Waals surface area contributed by atoms with Gasteiger partial charge in [0.1, 0.15) is 14.7 Å². The first-order valence-electron chi connectivity index (χ1n) is 9.74. The van der Waals surface area contributed by atoms with Gasteiger partial charge >= 0.3 is 0 Å². The predicted molar refractivity (Wildman–Crippen MR) is 113 cm³/mol. The van der Waals surface area contributed by atoms with E-state index in [1.54, 1.807) is 0 Å². The van der Waals surface area contributed by atoms with Crippen molar-refractivity contribution in [1.82, 2.24) is 0 Å². The van der Waals surface area contributed by atoms with Gasteiger partial charge in [0.15, 0.2) is 0 Å². The van der Waals surface area contributed by atoms with E-state index in [0.717, 1.165) is 0 Å². The summed E-state index contributed by atoms with van der Waals surface area (Å²) in [5, 5.41) is 0. The molecule has 0 spiro atoms. The molecule has 0 aromatic heterocycles. The van der Waals surface area contributed by atoms with Gasteiger partial charge in [0.25, 0.3) is 0 Å². The van der Waals surface area contributed by atoms with E-state index in [0.29, 0.717) is 13.2 Å². The highest BCUT2D eigenvalue weighted by Gasteiger charge is 2.51. The fourth-order valence-corrected chi connectivity index (χ4v) is 7.12. The molecule has 0 aromatic rings. The van der Waals surface area contributed by atoms with Crippen molar-refractivity contribution in [3.8, 4) is 0 Å². The van der Waals surface area contributed by atoms with Gasteiger partial charge in [0, 0.05) is 25.2 Å². The summed E-state index contributed by atoms with van der Waals surface area (Å²) in [7, 11) is -4.54. The van der Waals surface area contributed by atoms with Gasteiger partial charge in [-0.25, -0.2) is 0 Å². The molecule has 8 heteroatoms. The van der Waals surface area contributed by atoms with Gasteiger partial charge < -0.3 is 27.6 Å². The lowest BCUT2D eigenvalue weighted by atomic mass is 9.89. The Morgan fingerprint density at radius 2 is 1.48 bits per heavy atom. The number of rotatable bonds is 0. The number of hydrogen-bond acceptors (Lipinski definition) is 6. The first-order chi connectivity index (χ1) is 12.3. The molecule has 3 fully saturated rings. The van der Waals surface area contributed by atoms with Gasteiger partial charge in [-0.15, -0.1) is 0 Å². The van der Waals surface area contributed by atoms with E-state index in [2.05, 4.69) is 33.4 Å². The third kappa shape index (κ3) is 4.59. The number of hydrogen-bond donors (Lipinski definition) is 0. The van der Waals surface area contributed by atoms with E-state index in [-0.39, 0.29) is 42.4 Å². The molecule has 27 heavy (non-hydrogen) atoms. The normalized spacial score (nSPS) is 57.4. The van der Waals surface area contributed by atoms with Crippen LogP contribution in [0.25, 0.3) is 0 Å². The van der Waals surface area contributed by atoms with Gasteiger partial charge in [-0.05, 0) is 20.8 Å². The standard InChI is InChI=1S/C19H36O6P2/c1-12-16-10-20-26(6,7)25-18-13(2)19(5,23-15(18)4)11-21-27(8,9)24-17(12)14(3)22-16/h12-18H,6,8,10-11H2,1-5,7,9H3. The minimum absolute atomic E-state index is 0.0408. The van der Waals surface area contributed by atoms with Crippen molar-refractivity contribution in [2.45, 2.75) is 70.7 Å². The second-order valence-electron chi connectivity index (χ2n) is 8.90. The maximum Gasteiger partial charge on any atom is 0.115 e. The maximum absolute atomic E-state index is 6.39. The quantitative estimate of drug-likeness (QED) is 0.553. The van der Waals surface area contributed by atoms with Crippen molar-refractivity contribution in [2.75, 3.05) is 26.5 Å². The van der Waals surface area contributed by atoms with Crippen LogP contribution >= 0.6 is 14.7 Å². The van der Waals surface area contributed by atoms with E-state index < -0.39 is 20.3 Å². The van der Waals surface area contributed by atoms with E-state index in [9.17, 15) is 0 Å². The van der Waals surface area contributed by atoms with Gasteiger partial charge in [-0.3, -0.25) is 0 Å². The summed E-state index contributed by atoms with van der Waals surface area (Å²) in [6.45, 7) is 15.2. The van der Waals surface area contributed by atoms with Crippen LogP contribution in [0.4, 0.5) is 0 Å². The molecule has 10 atom stereocenters. The molecule has 3 saturated heterocycles. The smallest absolute Gasteiger partial charge is 0.115 e. The van der Waals surface area contributed by atoms with Crippen LogP contribution in [0.15, 0.2) is 0 Å². The summed E-state index contributed by atoms with van der Waals surface area (Å²) in [5.74, 6) is 0.306. The zero-order valence-electron chi connectivity index (χ0n) is 17.7. The molecule has 6 nitrogen and oxygen atoms in total. The molecule has 0 radical (unpaired) electrons. The van der Waals surface area contributed by atoms with Crippen LogP contribution in [0.3, 0.4) is 0 Å². The largest absolute Gasteiger partial charge is 0.370 e. The lowest BCUT2D eigenvalue weighted by Gasteiger charge is -2.35. The Balaban J connectivity index is 1.89. The molecular formula is C19H36O6P2. The molecule has 0 aliphatic carbocycles. The van der Waals surface area contributed by atoms with Crippen molar-refractivity contribution >= 4 is 27.3 Å². The molecular weight excluding hydrogens is 386 g/mol. The maximum atomic E-state index is 6.39. The molecule has 0 amide bonds. The van der Waals surface area contributed by atoms with Crippen molar-refractivity contribution in [3.63, 3.8) is 0 Å². The van der Waals surface area contributed by atoms with Gasteiger partial charge in [-0.2, -0.15) is 0 Å². The molecule has 4 bridgehead atoms. The Hall–Kier alpha value is 0.360. The lowest BCUT2D eigenvalue weighted by molar-refractivity contribution is -0.0671. The third-order valence-corrected chi connectivity index (χ3v) is 8.91. The minimum Gasteiger partial charge on any atom is -0.370 e. The van der Waals surface area contributed by atoms with Crippen LogP contribution < -0.4 is 0 Å². The van der Waals surface area contributed by atoms with Crippen LogP contribution in [0, 0.1) is 11.8 Å². The molecule has 158 valence electrons. The zero-order valence-corrected chi connectivity index (χ0v) is 19.5. The van der Waals surface area contributed by atoms with E-state index in [1.165, 1.54) is 0 Å². The lowest BCUT2D eigenvalue weighted by Crippen LogP contribution is -2.39. The van der Waals surface area contributed by atoms with Gasteiger partial charge in [0.05, 0.1) is 49.3 Å². The molecule has 3 rings (SSSR count). The van der Waals surface area contributed by atoms with Crippen LogP contribution in [-0.2, 0) is 27.6 Å².